The van der Waals surface area contributed by atoms with Gasteiger partial charge < -0.3 is 14.9 Å². The molecule has 3 N–H and O–H groups in total. The van der Waals surface area contributed by atoms with Crippen molar-refractivity contribution in [2.45, 2.75) is 24.9 Å². The number of ether oxygens (including phenoxy) is 1. The van der Waals surface area contributed by atoms with Crippen LogP contribution in [0.4, 0.5) is 0 Å². The van der Waals surface area contributed by atoms with Gasteiger partial charge in [0.2, 0.25) is 0 Å². The maximum atomic E-state index is 11.6. The minimum atomic E-state index is -0.818. The number of hydrogen-bond donors (Lipinski definition) is 3. The summed E-state index contributed by atoms with van der Waals surface area (Å²) in [5.74, 6) is 0. The van der Waals surface area contributed by atoms with E-state index in [4.69, 9.17) is 9.84 Å². The van der Waals surface area contributed by atoms with Crippen LogP contribution < -0.4 is 11.2 Å². The van der Waals surface area contributed by atoms with E-state index in [-0.39, 0.29) is 13.0 Å². The van der Waals surface area contributed by atoms with Crippen molar-refractivity contribution in [3.63, 3.8) is 0 Å². The van der Waals surface area contributed by atoms with E-state index in [1.807, 2.05) is 0 Å². The molecule has 1 aliphatic rings. The summed E-state index contributed by atoms with van der Waals surface area (Å²) >= 11 is 1.80. The highest BCUT2D eigenvalue weighted by Crippen LogP contribution is 2.27. The number of nitrogens with one attached hydrogen (secondary N) is 1. The van der Waals surface area contributed by atoms with E-state index >= 15 is 0 Å². The average Bonchev–Trinajstić information content (AvgIpc) is 2.65. The molecule has 0 bridgehead atoms. The number of aliphatic hydroxyl groups excluding tert-OH is 2. The third kappa shape index (κ3) is 2.44. The molecule has 0 saturated carbocycles. The molecular formula is C9H11IN2O5. The first-order valence-corrected chi connectivity index (χ1v) is 6.06. The van der Waals surface area contributed by atoms with Crippen LogP contribution in [0.1, 0.15) is 12.6 Å². The highest BCUT2D eigenvalue weighted by molar-refractivity contribution is 14.1. The molecule has 1 aliphatic heterocycles. The average molecular weight is 354 g/mol. The van der Waals surface area contributed by atoms with Crippen LogP contribution in [0.2, 0.25) is 0 Å². The first-order valence-electron chi connectivity index (χ1n) is 4.98. The molecule has 0 amide bonds. The zero-order chi connectivity index (χ0) is 12.6. The quantitative estimate of drug-likeness (QED) is 0.578. The molecule has 0 aromatic carbocycles. The second-order valence-corrected chi connectivity index (χ2v) is 4.92. The van der Waals surface area contributed by atoms with E-state index in [1.54, 1.807) is 22.6 Å². The van der Waals surface area contributed by atoms with E-state index in [9.17, 15) is 14.7 Å². The molecule has 1 aromatic heterocycles. The van der Waals surface area contributed by atoms with Crippen molar-refractivity contribution in [2.24, 2.45) is 0 Å². The fourth-order valence-corrected chi connectivity index (χ4v) is 2.16. The van der Waals surface area contributed by atoms with Crippen molar-refractivity contribution in [1.29, 1.82) is 0 Å². The van der Waals surface area contributed by atoms with Crippen LogP contribution in [-0.2, 0) is 4.74 Å². The number of halogens is 1. The van der Waals surface area contributed by atoms with Gasteiger partial charge in [0.25, 0.3) is 5.56 Å². The Morgan fingerprint density at radius 2 is 2.29 bits per heavy atom. The number of rotatable bonds is 2. The summed E-state index contributed by atoms with van der Waals surface area (Å²) < 4.78 is 6.89. The van der Waals surface area contributed by atoms with Crippen molar-refractivity contribution >= 4 is 22.6 Å². The molecule has 0 radical (unpaired) electrons. The van der Waals surface area contributed by atoms with Crippen LogP contribution in [0.3, 0.4) is 0 Å². The van der Waals surface area contributed by atoms with Gasteiger partial charge in [-0.25, -0.2) is 4.79 Å². The zero-order valence-electron chi connectivity index (χ0n) is 8.67. The fourth-order valence-electron chi connectivity index (χ4n) is 1.72. The topological polar surface area (TPSA) is 105 Å². The summed E-state index contributed by atoms with van der Waals surface area (Å²) in [6.45, 7) is -0.313. The largest absolute Gasteiger partial charge is 0.394 e. The highest BCUT2D eigenvalue weighted by Gasteiger charge is 2.34. The minimum Gasteiger partial charge on any atom is -0.394 e. The molecule has 8 heteroatoms. The Labute approximate surface area is 109 Å². The lowest BCUT2D eigenvalue weighted by atomic mass is 10.2. The predicted octanol–water partition coefficient (Wildman–Crippen LogP) is -1.22. The molecule has 1 saturated heterocycles. The van der Waals surface area contributed by atoms with Gasteiger partial charge in [0.1, 0.15) is 12.3 Å². The van der Waals surface area contributed by atoms with Crippen molar-refractivity contribution in [2.75, 3.05) is 6.61 Å². The van der Waals surface area contributed by atoms with Gasteiger partial charge >= 0.3 is 5.69 Å². The molecule has 0 aliphatic carbocycles. The Bertz CT molecular complexity index is 525. The Hall–Kier alpha value is -0.710. The molecule has 1 fully saturated rings. The van der Waals surface area contributed by atoms with Gasteiger partial charge in [-0.2, -0.15) is 0 Å². The first kappa shape index (κ1) is 12.7. The maximum Gasteiger partial charge on any atom is 0.330 e. The van der Waals surface area contributed by atoms with Crippen LogP contribution in [-0.4, -0.2) is 38.6 Å². The van der Waals surface area contributed by atoms with E-state index in [0.717, 1.165) is 0 Å². The predicted molar refractivity (Wildman–Crippen MR) is 65.7 cm³/mol. The molecule has 2 heterocycles. The van der Waals surface area contributed by atoms with E-state index in [1.165, 1.54) is 10.8 Å². The van der Waals surface area contributed by atoms with Crippen LogP contribution >= 0.6 is 22.6 Å². The molecule has 1 aromatic rings. The normalized spacial score (nSPS) is 28.5. The molecule has 94 valence electrons. The standard InChI is InChI=1S/C9H11IN2O5/c10-4-2-12(9(16)11-8(4)15)7-1-5(14)6(3-13)17-7/h2,5-7,13-14H,1,3H2,(H,11,15,16)/t5-,6?,7+/m0/s1. The SMILES string of the molecule is O=c1[nH]c(=O)n([C@H]2C[C@H](O)C(CO)O2)cc1I. The van der Waals surface area contributed by atoms with E-state index in [2.05, 4.69) is 4.98 Å². The summed E-state index contributed by atoms with van der Waals surface area (Å²) in [5.41, 5.74) is -1.05. The maximum absolute atomic E-state index is 11.6. The van der Waals surface area contributed by atoms with Crippen LogP contribution in [0.5, 0.6) is 0 Å². The molecule has 0 spiro atoms. The number of H-pyrrole nitrogens is 1. The Balaban J connectivity index is 2.34. The van der Waals surface area contributed by atoms with Gasteiger partial charge in [0, 0.05) is 12.6 Å². The molecule has 17 heavy (non-hydrogen) atoms. The van der Waals surface area contributed by atoms with Gasteiger partial charge in [-0.1, -0.05) is 0 Å². The summed E-state index contributed by atoms with van der Waals surface area (Å²) in [6.07, 6.45) is -0.607. The summed E-state index contributed by atoms with van der Waals surface area (Å²) in [6, 6.07) is 0. The van der Waals surface area contributed by atoms with E-state index < -0.39 is 29.7 Å². The summed E-state index contributed by atoms with van der Waals surface area (Å²) in [7, 11) is 0. The minimum absolute atomic E-state index is 0.202. The second kappa shape index (κ2) is 4.88. The Morgan fingerprint density at radius 1 is 1.59 bits per heavy atom. The zero-order valence-corrected chi connectivity index (χ0v) is 10.8. The number of aromatic amines is 1. The molecule has 2 rings (SSSR count). The van der Waals surface area contributed by atoms with Gasteiger partial charge in [0.15, 0.2) is 0 Å². The first-order chi connectivity index (χ1) is 8.02. The summed E-state index contributed by atoms with van der Waals surface area (Å²) in [4.78, 5) is 24.9. The molecular weight excluding hydrogens is 343 g/mol. The van der Waals surface area contributed by atoms with Crippen molar-refractivity contribution < 1.29 is 14.9 Å². The lowest BCUT2D eigenvalue weighted by Gasteiger charge is -2.14. The summed E-state index contributed by atoms with van der Waals surface area (Å²) in [5, 5.41) is 18.5. The third-order valence-corrected chi connectivity index (χ3v) is 3.39. The van der Waals surface area contributed by atoms with Crippen LogP contribution in [0, 0.1) is 3.57 Å². The molecule has 3 atom stereocenters. The van der Waals surface area contributed by atoms with Gasteiger partial charge in [0.05, 0.1) is 16.3 Å². The highest BCUT2D eigenvalue weighted by atomic mass is 127. The number of nitrogens with zero attached hydrogens (tertiary/aromatic N) is 1. The number of hydrogen-bond acceptors (Lipinski definition) is 5. The lowest BCUT2D eigenvalue weighted by molar-refractivity contribution is -0.0459. The molecule has 7 nitrogen and oxygen atoms in total. The third-order valence-electron chi connectivity index (χ3n) is 2.62. The number of aliphatic hydroxyl groups is 2. The monoisotopic (exact) mass is 354 g/mol. The Morgan fingerprint density at radius 3 is 2.88 bits per heavy atom. The second-order valence-electron chi connectivity index (χ2n) is 3.76. The van der Waals surface area contributed by atoms with Crippen molar-refractivity contribution in [3.05, 3.63) is 30.6 Å². The molecule has 1 unspecified atom stereocenters. The van der Waals surface area contributed by atoms with Crippen LogP contribution in [0.25, 0.3) is 0 Å². The number of aromatic nitrogens is 2. The van der Waals surface area contributed by atoms with Gasteiger partial charge in [-0.05, 0) is 22.6 Å². The van der Waals surface area contributed by atoms with Gasteiger partial charge in [-0.15, -0.1) is 0 Å². The van der Waals surface area contributed by atoms with Crippen molar-refractivity contribution in [3.8, 4) is 0 Å². The van der Waals surface area contributed by atoms with Gasteiger partial charge in [-0.3, -0.25) is 14.3 Å². The van der Waals surface area contributed by atoms with E-state index in [0.29, 0.717) is 3.57 Å². The Kier molecular flexibility index (Phi) is 3.66. The lowest BCUT2D eigenvalue weighted by Crippen LogP contribution is -2.33. The fraction of sp³-hybridized carbons (Fsp3) is 0.556. The smallest absolute Gasteiger partial charge is 0.330 e. The van der Waals surface area contributed by atoms with Crippen molar-refractivity contribution in [1.82, 2.24) is 9.55 Å². The van der Waals surface area contributed by atoms with Crippen LogP contribution in [0.15, 0.2) is 15.8 Å².